The highest BCUT2D eigenvalue weighted by Gasteiger charge is 2.32. The predicted octanol–water partition coefficient (Wildman–Crippen LogP) is 1.05. The van der Waals surface area contributed by atoms with Crippen LogP contribution in [0.2, 0.25) is 0 Å². The first-order valence-corrected chi connectivity index (χ1v) is 6.55. The predicted molar refractivity (Wildman–Crippen MR) is 69.3 cm³/mol. The van der Waals surface area contributed by atoms with Crippen LogP contribution in [0.5, 0.6) is 0 Å². The van der Waals surface area contributed by atoms with Crippen LogP contribution in [0.1, 0.15) is 32.1 Å². The molecule has 1 saturated heterocycles. The van der Waals surface area contributed by atoms with Crippen molar-refractivity contribution < 1.29 is 9.84 Å². The maximum atomic E-state index is 9.43. The fourth-order valence-electron chi connectivity index (χ4n) is 2.61. The largest absolute Gasteiger partial charge is 0.395 e. The van der Waals surface area contributed by atoms with Gasteiger partial charge in [-0.3, -0.25) is 4.90 Å². The van der Waals surface area contributed by atoms with Gasteiger partial charge in [-0.1, -0.05) is 0 Å². The highest BCUT2D eigenvalue weighted by atomic mass is 16.5. The van der Waals surface area contributed by atoms with E-state index in [1.165, 1.54) is 0 Å². The molecule has 0 amide bonds. The number of methoxy groups -OCH3 is 1. The normalized spacial score (nSPS) is 25.2. The summed E-state index contributed by atoms with van der Waals surface area (Å²) >= 11 is 0. The Bertz CT molecular complexity index is 378. The number of ether oxygens (including phenoxy) is 1. The van der Waals surface area contributed by atoms with Gasteiger partial charge in [-0.05, 0) is 20.3 Å². The molecule has 1 N–H and O–H groups in total. The molecule has 1 aromatic rings. The van der Waals surface area contributed by atoms with Crippen LogP contribution >= 0.6 is 0 Å². The molecule has 5 nitrogen and oxygen atoms in total. The lowest BCUT2D eigenvalue weighted by Gasteiger charge is -2.23. The molecule has 5 heteroatoms. The van der Waals surface area contributed by atoms with E-state index >= 15 is 0 Å². The van der Waals surface area contributed by atoms with E-state index < -0.39 is 0 Å². The standard InChI is InChI=1S/C13H23N3O2/c1-10(2)16-5-4-14-13(16)8-15-7-12(18-3)6-11(15)9-17/h4-5,10-12,17H,6-9H2,1-3H3/t11-,12-/m0/s1. The Balaban J connectivity index is 2.06. The van der Waals surface area contributed by atoms with Gasteiger partial charge < -0.3 is 14.4 Å². The molecule has 1 fully saturated rings. The minimum absolute atomic E-state index is 0.183. The van der Waals surface area contributed by atoms with Crippen LogP contribution in [0, 0.1) is 0 Å². The Hall–Kier alpha value is -0.910. The molecule has 0 unspecified atom stereocenters. The van der Waals surface area contributed by atoms with Crippen LogP contribution in [0.3, 0.4) is 0 Å². The van der Waals surface area contributed by atoms with Gasteiger partial charge in [0.25, 0.3) is 0 Å². The molecule has 2 atom stereocenters. The molecule has 102 valence electrons. The molecule has 0 bridgehead atoms. The Morgan fingerprint density at radius 1 is 1.56 bits per heavy atom. The molecule has 1 aromatic heterocycles. The van der Waals surface area contributed by atoms with E-state index in [1.54, 1.807) is 7.11 Å². The van der Waals surface area contributed by atoms with E-state index in [0.29, 0.717) is 6.04 Å². The van der Waals surface area contributed by atoms with Gasteiger partial charge in [-0.25, -0.2) is 4.98 Å². The number of hydrogen-bond acceptors (Lipinski definition) is 4. The van der Waals surface area contributed by atoms with Crippen LogP contribution in [-0.4, -0.2) is 52.0 Å². The van der Waals surface area contributed by atoms with Crippen molar-refractivity contribution in [3.05, 3.63) is 18.2 Å². The molecule has 0 saturated carbocycles. The van der Waals surface area contributed by atoms with E-state index in [2.05, 4.69) is 28.3 Å². The first-order valence-electron chi connectivity index (χ1n) is 6.55. The summed E-state index contributed by atoms with van der Waals surface area (Å²) in [4.78, 5) is 6.68. The van der Waals surface area contributed by atoms with Crippen molar-refractivity contribution in [3.8, 4) is 0 Å². The summed E-state index contributed by atoms with van der Waals surface area (Å²) < 4.78 is 7.57. The molecule has 1 aliphatic rings. The van der Waals surface area contributed by atoms with E-state index in [0.717, 1.165) is 25.3 Å². The van der Waals surface area contributed by atoms with Crippen molar-refractivity contribution in [2.24, 2.45) is 0 Å². The Labute approximate surface area is 108 Å². The zero-order valence-corrected chi connectivity index (χ0v) is 11.4. The van der Waals surface area contributed by atoms with Crippen LogP contribution in [-0.2, 0) is 11.3 Å². The third-order valence-electron chi connectivity index (χ3n) is 3.68. The first-order chi connectivity index (χ1) is 8.65. The van der Waals surface area contributed by atoms with E-state index in [1.807, 2.05) is 12.4 Å². The molecule has 2 rings (SSSR count). The lowest BCUT2D eigenvalue weighted by molar-refractivity contribution is 0.106. The number of aliphatic hydroxyl groups excluding tert-OH is 1. The van der Waals surface area contributed by atoms with E-state index in [-0.39, 0.29) is 18.8 Å². The summed E-state index contributed by atoms with van der Waals surface area (Å²) in [7, 11) is 1.73. The van der Waals surface area contributed by atoms with Crippen LogP contribution < -0.4 is 0 Å². The van der Waals surface area contributed by atoms with Crippen molar-refractivity contribution >= 4 is 0 Å². The lowest BCUT2D eigenvalue weighted by atomic mass is 10.2. The lowest BCUT2D eigenvalue weighted by Crippen LogP contribution is -2.33. The summed E-state index contributed by atoms with van der Waals surface area (Å²) in [6, 6.07) is 0.600. The fraction of sp³-hybridized carbons (Fsp3) is 0.769. The summed E-state index contributed by atoms with van der Waals surface area (Å²) in [6.07, 6.45) is 4.98. The van der Waals surface area contributed by atoms with E-state index in [9.17, 15) is 5.11 Å². The molecule has 0 spiro atoms. The van der Waals surface area contributed by atoms with Crippen LogP contribution in [0.15, 0.2) is 12.4 Å². The SMILES string of the molecule is CO[C@H]1C[C@@H](CO)N(Cc2nccn2C(C)C)C1. The number of likely N-dealkylation sites (tertiary alicyclic amines) is 1. The zero-order chi connectivity index (χ0) is 13.1. The number of hydrogen-bond donors (Lipinski definition) is 1. The van der Waals surface area contributed by atoms with Gasteiger partial charge in [0.2, 0.25) is 0 Å². The summed E-state index contributed by atoms with van der Waals surface area (Å²) in [5.41, 5.74) is 0. The minimum atomic E-state index is 0.183. The second-order valence-corrected chi connectivity index (χ2v) is 5.20. The Kier molecular flexibility index (Phi) is 4.37. The summed E-state index contributed by atoms with van der Waals surface area (Å²) in [5.74, 6) is 1.06. The Morgan fingerprint density at radius 3 is 2.94 bits per heavy atom. The number of imidazole rings is 1. The quantitative estimate of drug-likeness (QED) is 0.852. The number of rotatable bonds is 5. The highest BCUT2D eigenvalue weighted by Crippen LogP contribution is 2.22. The van der Waals surface area contributed by atoms with Gasteiger partial charge in [-0.15, -0.1) is 0 Å². The second-order valence-electron chi connectivity index (χ2n) is 5.20. The summed E-state index contributed by atoms with van der Waals surface area (Å²) in [5, 5.41) is 9.43. The van der Waals surface area contributed by atoms with Gasteiger partial charge >= 0.3 is 0 Å². The molecule has 18 heavy (non-hydrogen) atoms. The maximum absolute atomic E-state index is 9.43. The van der Waals surface area contributed by atoms with Crippen molar-refractivity contribution in [2.45, 2.75) is 45.0 Å². The maximum Gasteiger partial charge on any atom is 0.123 e. The van der Waals surface area contributed by atoms with Gasteiger partial charge in [0.05, 0.1) is 19.3 Å². The van der Waals surface area contributed by atoms with Crippen molar-refractivity contribution in [2.75, 3.05) is 20.3 Å². The molecular formula is C13H23N3O2. The van der Waals surface area contributed by atoms with Crippen molar-refractivity contribution in [3.63, 3.8) is 0 Å². The van der Waals surface area contributed by atoms with Gasteiger partial charge in [0, 0.05) is 38.1 Å². The van der Waals surface area contributed by atoms with Gasteiger partial charge in [0.15, 0.2) is 0 Å². The minimum Gasteiger partial charge on any atom is -0.395 e. The molecule has 0 aromatic carbocycles. The monoisotopic (exact) mass is 253 g/mol. The van der Waals surface area contributed by atoms with Gasteiger partial charge in [0.1, 0.15) is 5.82 Å². The van der Waals surface area contributed by atoms with Crippen molar-refractivity contribution in [1.82, 2.24) is 14.5 Å². The first kappa shape index (κ1) is 13.5. The molecular weight excluding hydrogens is 230 g/mol. The third kappa shape index (κ3) is 2.74. The summed E-state index contributed by atoms with van der Waals surface area (Å²) in [6.45, 7) is 6.12. The molecule has 0 aliphatic carbocycles. The number of aliphatic hydroxyl groups is 1. The molecule has 0 radical (unpaired) electrons. The molecule has 2 heterocycles. The van der Waals surface area contributed by atoms with Crippen LogP contribution in [0.25, 0.3) is 0 Å². The van der Waals surface area contributed by atoms with Crippen molar-refractivity contribution in [1.29, 1.82) is 0 Å². The topological polar surface area (TPSA) is 50.5 Å². The fourth-order valence-corrected chi connectivity index (χ4v) is 2.61. The third-order valence-corrected chi connectivity index (χ3v) is 3.68. The average Bonchev–Trinajstić information content (AvgIpc) is 2.95. The zero-order valence-electron chi connectivity index (χ0n) is 11.4. The second kappa shape index (κ2) is 5.82. The van der Waals surface area contributed by atoms with Crippen LogP contribution in [0.4, 0.5) is 0 Å². The Morgan fingerprint density at radius 2 is 2.33 bits per heavy atom. The number of nitrogens with zero attached hydrogens (tertiary/aromatic N) is 3. The highest BCUT2D eigenvalue weighted by molar-refractivity contribution is 4.97. The number of aromatic nitrogens is 2. The van der Waals surface area contributed by atoms with E-state index in [4.69, 9.17) is 4.74 Å². The smallest absolute Gasteiger partial charge is 0.123 e. The average molecular weight is 253 g/mol. The van der Waals surface area contributed by atoms with Gasteiger partial charge in [-0.2, -0.15) is 0 Å². The molecule has 1 aliphatic heterocycles.